The summed E-state index contributed by atoms with van der Waals surface area (Å²) in [6.45, 7) is 6.75. The minimum atomic E-state index is 0.273. The number of fused-ring (bicyclic) bond motifs is 1. The third-order valence-corrected chi connectivity index (χ3v) is 4.14. The maximum atomic E-state index is 12.2. The molecule has 21 heavy (non-hydrogen) atoms. The van der Waals surface area contributed by atoms with E-state index in [1.807, 2.05) is 23.1 Å². The topological polar surface area (TPSA) is 44.8 Å². The van der Waals surface area contributed by atoms with Crippen molar-refractivity contribution in [2.45, 2.75) is 13.0 Å². The largest absolute Gasteiger partial charge is 0.492 e. The van der Waals surface area contributed by atoms with Gasteiger partial charge >= 0.3 is 0 Å². The van der Waals surface area contributed by atoms with Crippen LogP contribution in [0.2, 0.25) is 0 Å². The van der Waals surface area contributed by atoms with Crippen LogP contribution < -0.4 is 10.1 Å². The second kappa shape index (κ2) is 6.91. The van der Waals surface area contributed by atoms with Gasteiger partial charge in [-0.15, -0.1) is 0 Å². The number of hydrogen-bond donors (Lipinski definition) is 1. The predicted molar refractivity (Wildman–Crippen MR) is 81.3 cm³/mol. The Labute approximate surface area is 125 Å². The number of benzene rings is 1. The van der Waals surface area contributed by atoms with E-state index in [-0.39, 0.29) is 5.91 Å². The molecule has 0 saturated carbocycles. The third kappa shape index (κ3) is 3.74. The van der Waals surface area contributed by atoms with Gasteiger partial charge in [-0.25, -0.2) is 0 Å². The molecule has 1 N–H and O–H groups in total. The van der Waals surface area contributed by atoms with Crippen molar-refractivity contribution in [1.29, 1.82) is 0 Å². The molecule has 0 aromatic heterocycles. The van der Waals surface area contributed by atoms with Gasteiger partial charge in [0.15, 0.2) is 0 Å². The first-order valence-electron chi connectivity index (χ1n) is 7.74. The molecule has 1 aromatic carbocycles. The zero-order valence-corrected chi connectivity index (χ0v) is 12.4. The summed E-state index contributed by atoms with van der Waals surface area (Å²) >= 11 is 0. The number of ether oxygens (including phenoxy) is 1. The van der Waals surface area contributed by atoms with E-state index in [1.165, 1.54) is 5.56 Å². The van der Waals surface area contributed by atoms with Crippen LogP contribution in [0.15, 0.2) is 24.3 Å². The third-order valence-electron chi connectivity index (χ3n) is 4.14. The van der Waals surface area contributed by atoms with Crippen LogP contribution >= 0.6 is 0 Å². The van der Waals surface area contributed by atoms with Gasteiger partial charge in [0.05, 0.1) is 0 Å². The number of carbonyl (C=O) groups is 1. The summed E-state index contributed by atoms with van der Waals surface area (Å²) in [5.41, 5.74) is 1.21. The summed E-state index contributed by atoms with van der Waals surface area (Å²) in [7, 11) is 0. The number of carbonyl (C=O) groups excluding carboxylic acids is 1. The highest BCUT2D eigenvalue weighted by molar-refractivity contribution is 5.76. The Hall–Kier alpha value is -1.59. The molecular formula is C16H23N3O2. The van der Waals surface area contributed by atoms with Gasteiger partial charge in [-0.2, -0.15) is 0 Å². The molecule has 0 bridgehead atoms. The van der Waals surface area contributed by atoms with Crippen LogP contribution in [0.1, 0.15) is 12.0 Å². The number of nitrogens with zero attached hydrogens (tertiary/aromatic N) is 2. The first-order valence-corrected chi connectivity index (χ1v) is 7.74. The molecule has 0 radical (unpaired) electrons. The van der Waals surface area contributed by atoms with E-state index in [0.717, 1.165) is 51.6 Å². The Kier molecular flexibility index (Phi) is 4.72. The molecule has 3 rings (SSSR count). The van der Waals surface area contributed by atoms with Crippen molar-refractivity contribution in [3.05, 3.63) is 29.8 Å². The Balaban J connectivity index is 1.52. The number of hydrogen-bond acceptors (Lipinski definition) is 4. The lowest BCUT2D eigenvalue weighted by Gasteiger charge is -2.28. The van der Waals surface area contributed by atoms with Crippen molar-refractivity contribution in [2.24, 2.45) is 0 Å². The average Bonchev–Trinajstić information content (AvgIpc) is 2.75. The lowest BCUT2D eigenvalue weighted by molar-refractivity contribution is -0.132. The first-order chi connectivity index (χ1) is 10.3. The summed E-state index contributed by atoms with van der Waals surface area (Å²) < 4.78 is 5.76. The molecule has 1 aromatic rings. The lowest BCUT2D eigenvalue weighted by Crippen LogP contribution is -2.47. The van der Waals surface area contributed by atoms with Gasteiger partial charge in [-0.1, -0.05) is 18.2 Å². The number of para-hydroxylation sites is 1. The minimum Gasteiger partial charge on any atom is -0.492 e. The molecule has 1 saturated heterocycles. The fraction of sp³-hybridized carbons (Fsp3) is 0.562. The Morgan fingerprint density at radius 2 is 2.00 bits per heavy atom. The molecule has 2 heterocycles. The number of nitrogens with one attached hydrogen (secondary N) is 1. The van der Waals surface area contributed by atoms with E-state index in [4.69, 9.17) is 4.74 Å². The normalized spacial score (nSPS) is 19.5. The van der Waals surface area contributed by atoms with Gasteiger partial charge in [0.1, 0.15) is 12.4 Å². The zero-order valence-electron chi connectivity index (χ0n) is 12.4. The molecule has 114 valence electrons. The van der Waals surface area contributed by atoms with Crippen LogP contribution in [0.3, 0.4) is 0 Å². The quantitative estimate of drug-likeness (QED) is 0.890. The highest BCUT2D eigenvalue weighted by Gasteiger charge is 2.19. The molecule has 5 nitrogen and oxygen atoms in total. The molecule has 0 atom stereocenters. The number of piperazine rings is 1. The molecule has 5 heteroatoms. The van der Waals surface area contributed by atoms with Crippen molar-refractivity contribution in [2.75, 3.05) is 45.9 Å². The second-order valence-corrected chi connectivity index (χ2v) is 5.61. The smallest absolute Gasteiger partial charge is 0.223 e. The molecular weight excluding hydrogens is 266 g/mol. The van der Waals surface area contributed by atoms with E-state index in [0.29, 0.717) is 13.0 Å². The lowest BCUT2D eigenvalue weighted by atomic mass is 10.2. The van der Waals surface area contributed by atoms with Crippen molar-refractivity contribution in [1.82, 2.24) is 15.1 Å². The summed E-state index contributed by atoms with van der Waals surface area (Å²) in [5, 5.41) is 3.27. The van der Waals surface area contributed by atoms with Crippen molar-refractivity contribution in [3.63, 3.8) is 0 Å². The summed E-state index contributed by atoms with van der Waals surface area (Å²) in [6, 6.07) is 8.16. The van der Waals surface area contributed by atoms with E-state index in [1.54, 1.807) is 0 Å². The molecule has 0 aliphatic carbocycles. The van der Waals surface area contributed by atoms with Gasteiger partial charge < -0.3 is 15.0 Å². The molecule has 2 aliphatic rings. The summed E-state index contributed by atoms with van der Waals surface area (Å²) in [6.07, 6.45) is 0.599. The Morgan fingerprint density at radius 1 is 1.19 bits per heavy atom. The summed E-state index contributed by atoms with van der Waals surface area (Å²) in [4.78, 5) is 16.5. The summed E-state index contributed by atoms with van der Waals surface area (Å²) in [5.74, 6) is 1.25. The van der Waals surface area contributed by atoms with E-state index >= 15 is 0 Å². The van der Waals surface area contributed by atoms with Gasteiger partial charge in [0, 0.05) is 57.8 Å². The standard InChI is InChI=1S/C16H23N3O2/c20-16(19-9-6-17-7-10-19)5-8-18-11-12-21-15-4-2-1-3-14(15)13-18/h1-4,17H,5-13H2. The van der Waals surface area contributed by atoms with Gasteiger partial charge in [-0.05, 0) is 6.07 Å². The fourth-order valence-electron chi connectivity index (χ4n) is 2.90. The van der Waals surface area contributed by atoms with E-state index < -0.39 is 0 Å². The van der Waals surface area contributed by atoms with Crippen LogP contribution in [-0.2, 0) is 11.3 Å². The SMILES string of the molecule is O=C(CCN1CCOc2ccccc2C1)N1CCNCC1. The number of rotatable bonds is 3. The molecule has 1 fully saturated rings. The predicted octanol–water partition coefficient (Wildman–Crippen LogP) is 0.703. The van der Waals surface area contributed by atoms with Crippen molar-refractivity contribution >= 4 is 5.91 Å². The van der Waals surface area contributed by atoms with Crippen LogP contribution in [0.25, 0.3) is 0 Å². The molecule has 1 amide bonds. The monoisotopic (exact) mass is 289 g/mol. The fourth-order valence-corrected chi connectivity index (χ4v) is 2.90. The Bertz CT molecular complexity index is 486. The number of amides is 1. The van der Waals surface area contributed by atoms with Gasteiger partial charge in [-0.3, -0.25) is 9.69 Å². The van der Waals surface area contributed by atoms with Gasteiger partial charge in [0.2, 0.25) is 5.91 Å². The Morgan fingerprint density at radius 3 is 2.86 bits per heavy atom. The minimum absolute atomic E-state index is 0.273. The zero-order chi connectivity index (χ0) is 14.5. The first kappa shape index (κ1) is 14.4. The second-order valence-electron chi connectivity index (χ2n) is 5.61. The average molecular weight is 289 g/mol. The molecule has 0 spiro atoms. The van der Waals surface area contributed by atoms with E-state index in [9.17, 15) is 4.79 Å². The van der Waals surface area contributed by atoms with Gasteiger partial charge in [0.25, 0.3) is 0 Å². The van der Waals surface area contributed by atoms with Crippen molar-refractivity contribution in [3.8, 4) is 5.75 Å². The van der Waals surface area contributed by atoms with Crippen LogP contribution in [-0.4, -0.2) is 61.6 Å². The molecule has 2 aliphatic heterocycles. The van der Waals surface area contributed by atoms with Crippen molar-refractivity contribution < 1.29 is 9.53 Å². The maximum Gasteiger partial charge on any atom is 0.223 e. The van der Waals surface area contributed by atoms with Crippen LogP contribution in [0.5, 0.6) is 5.75 Å². The van der Waals surface area contributed by atoms with Crippen LogP contribution in [0.4, 0.5) is 0 Å². The highest BCUT2D eigenvalue weighted by atomic mass is 16.5. The van der Waals surface area contributed by atoms with E-state index in [2.05, 4.69) is 16.3 Å². The highest BCUT2D eigenvalue weighted by Crippen LogP contribution is 2.22. The maximum absolute atomic E-state index is 12.2. The molecule has 0 unspecified atom stereocenters. The van der Waals surface area contributed by atoms with Crippen LogP contribution in [0, 0.1) is 0 Å².